The van der Waals surface area contributed by atoms with E-state index in [9.17, 15) is 4.79 Å². The van der Waals surface area contributed by atoms with E-state index in [4.69, 9.17) is 16.0 Å². The van der Waals surface area contributed by atoms with Gasteiger partial charge in [-0.3, -0.25) is 4.79 Å². The minimum Gasteiger partial charge on any atom is -0.467 e. The Morgan fingerprint density at radius 1 is 1.29 bits per heavy atom. The highest BCUT2D eigenvalue weighted by Gasteiger charge is 2.10. The Morgan fingerprint density at radius 3 is 2.88 bits per heavy atom. The van der Waals surface area contributed by atoms with Crippen molar-refractivity contribution in [2.75, 3.05) is 5.75 Å². The first-order valence-corrected chi connectivity index (χ1v) is 8.61. The van der Waals surface area contributed by atoms with E-state index in [0.717, 1.165) is 11.3 Å². The number of carbonyl (C=O) groups excluding carboxylic acids is 1. The van der Waals surface area contributed by atoms with Gasteiger partial charge < -0.3 is 14.3 Å². The molecule has 24 heavy (non-hydrogen) atoms. The van der Waals surface area contributed by atoms with Crippen LogP contribution in [0, 0.1) is 0 Å². The molecule has 3 aromatic rings. The van der Waals surface area contributed by atoms with Gasteiger partial charge in [0.2, 0.25) is 5.91 Å². The van der Waals surface area contributed by atoms with Crippen LogP contribution in [0.2, 0.25) is 5.02 Å². The average Bonchev–Trinajstić information content (AvgIpc) is 3.25. The van der Waals surface area contributed by atoms with E-state index in [2.05, 4.69) is 15.5 Å². The molecular formula is C16H15ClN4O2S. The molecule has 0 aliphatic carbocycles. The van der Waals surface area contributed by atoms with Gasteiger partial charge in [0.25, 0.3) is 0 Å². The van der Waals surface area contributed by atoms with Crippen molar-refractivity contribution < 1.29 is 9.21 Å². The van der Waals surface area contributed by atoms with Gasteiger partial charge in [-0.2, -0.15) is 0 Å². The summed E-state index contributed by atoms with van der Waals surface area (Å²) in [4.78, 5) is 12.0. The standard InChI is InChI=1S/C16H15ClN4O2S/c17-13-5-3-12(4-6-13)8-18-15(22)10-24-16-20-19-11-21(16)9-14-2-1-7-23-14/h1-7,11H,8-10H2,(H,18,22). The number of halogens is 1. The largest absolute Gasteiger partial charge is 0.467 e. The van der Waals surface area contributed by atoms with Gasteiger partial charge in [0.05, 0.1) is 18.6 Å². The van der Waals surface area contributed by atoms with Crippen molar-refractivity contribution in [2.24, 2.45) is 0 Å². The quantitative estimate of drug-likeness (QED) is 0.654. The Labute approximate surface area is 148 Å². The molecule has 3 rings (SSSR count). The lowest BCUT2D eigenvalue weighted by atomic mass is 10.2. The fourth-order valence-corrected chi connectivity index (χ4v) is 2.89. The Hall–Kier alpha value is -2.25. The predicted molar refractivity (Wildman–Crippen MR) is 91.9 cm³/mol. The van der Waals surface area contributed by atoms with Crippen LogP contribution in [-0.4, -0.2) is 26.4 Å². The van der Waals surface area contributed by atoms with E-state index in [1.165, 1.54) is 11.8 Å². The number of benzene rings is 1. The molecule has 0 unspecified atom stereocenters. The molecule has 8 heteroatoms. The maximum Gasteiger partial charge on any atom is 0.230 e. The first-order chi connectivity index (χ1) is 11.7. The van der Waals surface area contributed by atoms with Crippen LogP contribution in [0.25, 0.3) is 0 Å². The third kappa shape index (κ3) is 4.62. The maximum absolute atomic E-state index is 12.0. The van der Waals surface area contributed by atoms with E-state index in [0.29, 0.717) is 23.3 Å². The van der Waals surface area contributed by atoms with Crippen molar-refractivity contribution in [3.63, 3.8) is 0 Å². The van der Waals surface area contributed by atoms with Gasteiger partial charge in [0.1, 0.15) is 12.1 Å². The third-order valence-electron chi connectivity index (χ3n) is 3.22. The molecule has 2 heterocycles. The Morgan fingerprint density at radius 2 is 2.12 bits per heavy atom. The normalized spacial score (nSPS) is 10.7. The molecule has 0 spiro atoms. The molecule has 0 aliphatic rings. The van der Waals surface area contributed by atoms with E-state index < -0.39 is 0 Å². The zero-order valence-corrected chi connectivity index (χ0v) is 14.3. The fourth-order valence-electron chi connectivity index (χ4n) is 2.02. The zero-order chi connectivity index (χ0) is 16.8. The zero-order valence-electron chi connectivity index (χ0n) is 12.7. The molecule has 124 valence electrons. The summed E-state index contributed by atoms with van der Waals surface area (Å²) in [6.07, 6.45) is 3.24. The summed E-state index contributed by atoms with van der Waals surface area (Å²) in [5.41, 5.74) is 0.999. The van der Waals surface area contributed by atoms with Crippen LogP contribution in [0.1, 0.15) is 11.3 Å². The van der Waals surface area contributed by atoms with Crippen LogP contribution in [0.15, 0.2) is 58.6 Å². The molecular weight excluding hydrogens is 348 g/mol. The monoisotopic (exact) mass is 362 g/mol. The first-order valence-electron chi connectivity index (χ1n) is 7.25. The highest BCUT2D eigenvalue weighted by Crippen LogP contribution is 2.16. The molecule has 0 atom stereocenters. The molecule has 0 saturated carbocycles. The number of hydrogen-bond acceptors (Lipinski definition) is 5. The summed E-state index contributed by atoms with van der Waals surface area (Å²) < 4.78 is 7.15. The van der Waals surface area contributed by atoms with Crippen LogP contribution in [-0.2, 0) is 17.9 Å². The van der Waals surface area contributed by atoms with Crippen LogP contribution >= 0.6 is 23.4 Å². The summed E-state index contributed by atoms with van der Waals surface area (Å²) in [5.74, 6) is 1.01. The number of amides is 1. The lowest BCUT2D eigenvalue weighted by Crippen LogP contribution is -2.24. The second-order valence-electron chi connectivity index (χ2n) is 5.01. The lowest BCUT2D eigenvalue weighted by molar-refractivity contribution is -0.118. The molecule has 0 bridgehead atoms. The van der Waals surface area contributed by atoms with E-state index in [1.807, 2.05) is 28.8 Å². The molecule has 1 amide bonds. The summed E-state index contributed by atoms with van der Waals surface area (Å²) in [5, 5.41) is 12.1. The van der Waals surface area contributed by atoms with Gasteiger partial charge >= 0.3 is 0 Å². The smallest absolute Gasteiger partial charge is 0.230 e. The SMILES string of the molecule is O=C(CSc1nncn1Cc1ccco1)NCc1ccc(Cl)cc1. The van der Waals surface area contributed by atoms with Crippen LogP contribution in [0.5, 0.6) is 0 Å². The van der Waals surface area contributed by atoms with Gasteiger partial charge in [-0.25, -0.2) is 0 Å². The minimum atomic E-state index is -0.0671. The number of hydrogen-bond donors (Lipinski definition) is 1. The highest BCUT2D eigenvalue weighted by molar-refractivity contribution is 7.99. The molecule has 0 aliphatic heterocycles. The van der Waals surface area contributed by atoms with Gasteiger partial charge in [0.15, 0.2) is 5.16 Å². The van der Waals surface area contributed by atoms with Gasteiger partial charge in [0, 0.05) is 11.6 Å². The Bertz CT molecular complexity index is 787. The summed E-state index contributed by atoms with van der Waals surface area (Å²) in [7, 11) is 0. The van der Waals surface area contributed by atoms with E-state index in [-0.39, 0.29) is 11.7 Å². The number of carbonyl (C=O) groups is 1. The van der Waals surface area contributed by atoms with Gasteiger partial charge in [-0.1, -0.05) is 35.5 Å². The van der Waals surface area contributed by atoms with E-state index >= 15 is 0 Å². The topological polar surface area (TPSA) is 73.0 Å². The van der Waals surface area contributed by atoms with Crippen molar-refractivity contribution in [3.8, 4) is 0 Å². The van der Waals surface area contributed by atoms with Crippen LogP contribution in [0.3, 0.4) is 0 Å². The molecule has 0 radical (unpaired) electrons. The number of thioether (sulfide) groups is 1. The van der Waals surface area contributed by atoms with Crippen molar-refractivity contribution >= 4 is 29.3 Å². The second kappa shape index (κ2) is 8.03. The molecule has 6 nitrogen and oxygen atoms in total. The second-order valence-corrected chi connectivity index (χ2v) is 6.39. The molecule has 1 aromatic carbocycles. The van der Waals surface area contributed by atoms with Crippen molar-refractivity contribution in [1.82, 2.24) is 20.1 Å². The van der Waals surface area contributed by atoms with Gasteiger partial charge in [-0.15, -0.1) is 10.2 Å². The summed E-state index contributed by atoms with van der Waals surface area (Å²) in [6.45, 7) is 1.00. The number of nitrogens with zero attached hydrogens (tertiary/aromatic N) is 3. The van der Waals surface area contributed by atoms with Crippen molar-refractivity contribution in [1.29, 1.82) is 0 Å². The number of aromatic nitrogens is 3. The van der Waals surface area contributed by atoms with Crippen LogP contribution in [0.4, 0.5) is 0 Å². The average molecular weight is 363 g/mol. The Balaban J connectivity index is 1.48. The fraction of sp³-hybridized carbons (Fsp3) is 0.188. The maximum atomic E-state index is 12.0. The van der Waals surface area contributed by atoms with Gasteiger partial charge in [-0.05, 0) is 29.8 Å². The number of rotatable bonds is 7. The highest BCUT2D eigenvalue weighted by atomic mass is 35.5. The summed E-state index contributed by atoms with van der Waals surface area (Å²) in [6, 6.07) is 11.1. The first kappa shape index (κ1) is 16.6. The van der Waals surface area contributed by atoms with Crippen LogP contribution < -0.4 is 5.32 Å². The van der Waals surface area contributed by atoms with E-state index in [1.54, 1.807) is 24.7 Å². The molecule has 2 aromatic heterocycles. The van der Waals surface area contributed by atoms with Crippen molar-refractivity contribution in [3.05, 3.63) is 65.3 Å². The molecule has 0 saturated heterocycles. The lowest BCUT2D eigenvalue weighted by Gasteiger charge is -2.06. The predicted octanol–water partition coefficient (Wildman–Crippen LogP) is 2.98. The van der Waals surface area contributed by atoms with Crippen molar-refractivity contribution in [2.45, 2.75) is 18.2 Å². The number of nitrogens with one attached hydrogen (secondary N) is 1. The minimum absolute atomic E-state index is 0.0671. The summed E-state index contributed by atoms with van der Waals surface area (Å²) >= 11 is 7.17. The number of furan rings is 1. The Kier molecular flexibility index (Phi) is 5.55. The third-order valence-corrected chi connectivity index (χ3v) is 4.45. The molecule has 0 fully saturated rings. The molecule has 1 N–H and O–H groups in total.